The Labute approximate surface area is 132 Å². The second-order valence-corrected chi connectivity index (χ2v) is 7.38. The number of benzene rings is 1. The Hall–Kier alpha value is -2.03. The summed E-state index contributed by atoms with van der Waals surface area (Å²) in [4.78, 5) is 11.9. The minimum atomic E-state index is -3.16. The molecule has 1 aromatic carbocycles. The van der Waals surface area contributed by atoms with Crippen LogP contribution in [0, 0.1) is 5.92 Å². The van der Waals surface area contributed by atoms with Gasteiger partial charge in [0.05, 0.1) is 23.1 Å². The second kappa shape index (κ2) is 7.03. The van der Waals surface area contributed by atoms with Gasteiger partial charge in [-0.2, -0.15) is 13.9 Å². The molecule has 0 saturated carbocycles. The van der Waals surface area contributed by atoms with Gasteiger partial charge in [0.15, 0.2) is 9.84 Å². The van der Waals surface area contributed by atoms with Gasteiger partial charge in [-0.05, 0) is 25.5 Å². The molecule has 0 aromatic heterocycles. The van der Waals surface area contributed by atoms with Gasteiger partial charge in [0, 0.05) is 5.56 Å². The number of alkyl halides is 2. The van der Waals surface area contributed by atoms with Crippen LogP contribution in [-0.4, -0.2) is 38.2 Å². The molecule has 0 spiro atoms. The van der Waals surface area contributed by atoms with E-state index < -0.39 is 28.3 Å². The molecule has 9 heteroatoms. The highest BCUT2D eigenvalue weighted by Gasteiger charge is 2.32. The first-order valence-corrected chi connectivity index (χ1v) is 8.69. The van der Waals surface area contributed by atoms with Crippen molar-refractivity contribution in [3.05, 3.63) is 29.8 Å². The van der Waals surface area contributed by atoms with E-state index in [1.54, 1.807) is 6.07 Å². The van der Waals surface area contributed by atoms with Crippen LogP contribution in [0.3, 0.4) is 0 Å². The summed E-state index contributed by atoms with van der Waals surface area (Å²) >= 11 is 0. The van der Waals surface area contributed by atoms with Crippen molar-refractivity contribution in [2.24, 2.45) is 11.0 Å². The minimum Gasteiger partial charge on any atom is -0.434 e. The molecule has 1 N–H and O–H groups in total. The van der Waals surface area contributed by atoms with E-state index in [2.05, 4.69) is 15.3 Å². The maximum atomic E-state index is 12.4. The minimum absolute atomic E-state index is 0.0150. The lowest BCUT2D eigenvalue weighted by molar-refractivity contribution is -0.124. The largest absolute Gasteiger partial charge is 0.434 e. The molecule has 0 unspecified atom stereocenters. The fraction of sp³-hybridized carbons (Fsp3) is 0.429. The summed E-state index contributed by atoms with van der Waals surface area (Å²) in [5, 5.41) is 3.85. The van der Waals surface area contributed by atoms with Crippen LogP contribution < -0.4 is 10.2 Å². The maximum absolute atomic E-state index is 12.4. The summed E-state index contributed by atoms with van der Waals surface area (Å²) < 4.78 is 51.8. The van der Waals surface area contributed by atoms with E-state index in [1.807, 2.05) is 0 Å². The molecule has 0 bridgehead atoms. The molecule has 0 radical (unpaired) electrons. The van der Waals surface area contributed by atoms with Crippen LogP contribution in [0.25, 0.3) is 0 Å². The third-order valence-electron chi connectivity index (χ3n) is 3.43. The number of hydrazone groups is 1. The predicted octanol–water partition coefficient (Wildman–Crippen LogP) is 1.56. The van der Waals surface area contributed by atoms with Gasteiger partial charge in [-0.15, -0.1) is 0 Å². The zero-order valence-electron chi connectivity index (χ0n) is 12.3. The van der Waals surface area contributed by atoms with E-state index >= 15 is 0 Å². The smallest absolute Gasteiger partial charge is 0.387 e. The van der Waals surface area contributed by atoms with E-state index in [0.29, 0.717) is 5.56 Å². The van der Waals surface area contributed by atoms with Crippen molar-refractivity contribution in [2.75, 3.05) is 11.5 Å². The quantitative estimate of drug-likeness (QED) is 0.648. The SMILES string of the molecule is C/C(=N/NC(=O)[C@H]1CCS(=O)(=O)C1)c1ccccc1OC(F)F. The summed E-state index contributed by atoms with van der Waals surface area (Å²) in [5.41, 5.74) is 2.87. The Kier molecular flexibility index (Phi) is 5.30. The number of sulfone groups is 1. The lowest BCUT2D eigenvalue weighted by atomic mass is 10.1. The number of hydrogen-bond acceptors (Lipinski definition) is 5. The van der Waals surface area contributed by atoms with E-state index in [1.165, 1.54) is 25.1 Å². The summed E-state index contributed by atoms with van der Waals surface area (Å²) in [6, 6.07) is 6.06. The molecule has 2 rings (SSSR count). The number of halogens is 2. The molecule has 126 valence electrons. The van der Waals surface area contributed by atoms with Gasteiger partial charge in [-0.3, -0.25) is 4.79 Å². The van der Waals surface area contributed by atoms with E-state index in [9.17, 15) is 22.0 Å². The monoisotopic (exact) mass is 346 g/mol. The van der Waals surface area contributed by atoms with Crippen molar-refractivity contribution >= 4 is 21.5 Å². The Morgan fingerprint density at radius 1 is 1.39 bits per heavy atom. The van der Waals surface area contributed by atoms with Crippen molar-refractivity contribution in [2.45, 2.75) is 20.0 Å². The van der Waals surface area contributed by atoms with Crippen LogP contribution in [0.1, 0.15) is 18.9 Å². The van der Waals surface area contributed by atoms with Crippen molar-refractivity contribution < 1.29 is 26.7 Å². The highest BCUT2D eigenvalue weighted by molar-refractivity contribution is 7.91. The van der Waals surface area contributed by atoms with Crippen molar-refractivity contribution in [1.29, 1.82) is 0 Å². The molecule has 1 aromatic rings. The summed E-state index contributed by atoms with van der Waals surface area (Å²) in [7, 11) is -3.16. The van der Waals surface area contributed by atoms with E-state index in [0.717, 1.165) is 0 Å². The first-order valence-electron chi connectivity index (χ1n) is 6.87. The topological polar surface area (TPSA) is 84.8 Å². The number of carbonyl (C=O) groups is 1. The molecular weight excluding hydrogens is 330 g/mol. The van der Waals surface area contributed by atoms with Crippen LogP contribution in [0.4, 0.5) is 8.78 Å². The number of rotatable bonds is 5. The first-order chi connectivity index (χ1) is 10.8. The van der Waals surface area contributed by atoms with Crippen LogP contribution >= 0.6 is 0 Å². The average Bonchev–Trinajstić information content (AvgIpc) is 2.84. The number of nitrogens with zero attached hydrogens (tertiary/aromatic N) is 1. The van der Waals surface area contributed by atoms with E-state index in [-0.39, 0.29) is 29.4 Å². The lowest BCUT2D eigenvalue weighted by Crippen LogP contribution is -2.28. The molecule has 1 amide bonds. The highest BCUT2D eigenvalue weighted by atomic mass is 32.2. The zero-order valence-corrected chi connectivity index (χ0v) is 13.1. The van der Waals surface area contributed by atoms with Crippen LogP contribution in [0.15, 0.2) is 29.4 Å². The molecule has 1 aliphatic rings. The third-order valence-corrected chi connectivity index (χ3v) is 5.20. The Bertz CT molecular complexity index is 719. The Balaban J connectivity index is 2.07. The molecule has 1 heterocycles. The van der Waals surface area contributed by atoms with Gasteiger partial charge in [-0.1, -0.05) is 12.1 Å². The fourth-order valence-corrected chi connectivity index (χ4v) is 4.00. The number of hydrogen-bond donors (Lipinski definition) is 1. The van der Waals surface area contributed by atoms with Crippen LogP contribution in [0.2, 0.25) is 0 Å². The van der Waals surface area contributed by atoms with Crippen LogP contribution in [0.5, 0.6) is 5.75 Å². The van der Waals surface area contributed by atoms with Gasteiger partial charge in [0.1, 0.15) is 5.75 Å². The number of nitrogens with one attached hydrogen (secondary N) is 1. The highest BCUT2D eigenvalue weighted by Crippen LogP contribution is 2.21. The van der Waals surface area contributed by atoms with Crippen molar-refractivity contribution in [1.82, 2.24) is 5.43 Å². The lowest BCUT2D eigenvalue weighted by Gasteiger charge is -2.11. The summed E-state index contributed by atoms with van der Waals surface area (Å²) in [5.74, 6) is -1.40. The molecule has 1 saturated heterocycles. The Morgan fingerprint density at radius 3 is 2.70 bits per heavy atom. The molecular formula is C14H16F2N2O4S. The van der Waals surface area contributed by atoms with Gasteiger partial charge in [-0.25, -0.2) is 13.8 Å². The summed E-state index contributed by atoms with van der Waals surface area (Å²) in [6.45, 7) is -1.44. The van der Waals surface area contributed by atoms with Gasteiger partial charge in [0.25, 0.3) is 0 Å². The number of carbonyl (C=O) groups excluding carboxylic acids is 1. The second-order valence-electron chi connectivity index (χ2n) is 5.15. The fourth-order valence-electron chi connectivity index (χ4n) is 2.26. The normalized spacial score (nSPS) is 20.5. The molecule has 1 atom stereocenters. The number of amides is 1. The van der Waals surface area contributed by atoms with E-state index in [4.69, 9.17) is 0 Å². The predicted molar refractivity (Wildman–Crippen MR) is 80.2 cm³/mol. The summed E-state index contributed by atoms with van der Waals surface area (Å²) in [6.07, 6.45) is 0.258. The third kappa shape index (κ3) is 4.72. The standard InChI is InChI=1S/C14H16F2N2O4S/c1-9(11-4-2-3-5-12(11)22-14(15)16)17-18-13(19)10-6-7-23(20,21)8-10/h2-5,10,14H,6-8H2,1H3,(H,18,19)/b17-9-/t10-/m0/s1. The zero-order chi connectivity index (χ0) is 17.0. The van der Waals surface area contributed by atoms with Gasteiger partial charge >= 0.3 is 6.61 Å². The number of para-hydroxylation sites is 1. The molecule has 1 aliphatic heterocycles. The maximum Gasteiger partial charge on any atom is 0.387 e. The molecule has 0 aliphatic carbocycles. The molecule has 23 heavy (non-hydrogen) atoms. The average molecular weight is 346 g/mol. The van der Waals surface area contributed by atoms with Gasteiger partial charge in [0.2, 0.25) is 5.91 Å². The Morgan fingerprint density at radius 2 is 2.09 bits per heavy atom. The molecule has 1 fully saturated rings. The first kappa shape index (κ1) is 17.3. The van der Waals surface area contributed by atoms with Crippen molar-refractivity contribution in [3.63, 3.8) is 0 Å². The van der Waals surface area contributed by atoms with Crippen molar-refractivity contribution in [3.8, 4) is 5.75 Å². The number of ether oxygens (including phenoxy) is 1. The molecule has 6 nitrogen and oxygen atoms in total. The van der Waals surface area contributed by atoms with Crippen LogP contribution in [-0.2, 0) is 14.6 Å². The van der Waals surface area contributed by atoms with Gasteiger partial charge < -0.3 is 4.74 Å².